The van der Waals surface area contributed by atoms with Crippen LogP contribution in [0.15, 0.2) is 11.1 Å². The first-order valence-electron chi connectivity index (χ1n) is 9.58. The molecule has 1 fully saturated rings. The van der Waals surface area contributed by atoms with Gasteiger partial charge in [0.2, 0.25) is 11.9 Å². The van der Waals surface area contributed by atoms with E-state index in [4.69, 9.17) is 18.5 Å². The number of aromatic amines is 1. The second kappa shape index (κ2) is 9.55. The van der Waals surface area contributed by atoms with Gasteiger partial charge in [-0.15, -0.1) is 0 Å². The maximum Gasteiger partial charge on any atom is 0.332 e. The van der Waals surface area contributed by atoms with Crippen LogP contribution in [0, 0.1) is 5.92 Å². The molecule has 14 heteroatoms. The maximum absolute atomic E-state index is 12.3. The summed E-state index contributed by atoms with van der Waals surface area (Å²) >= 11 is 0. The SMILES string of the molecule is COP(=O)(CCO[C@H]1CO[C@@H](n2cnc3c(=O)[nH]c(NC(=O)C(C)C)nc32)[C@@H]1O)OC. The van der Waals surface area contributed by atoms with E-state index in [-0.39, 0.29) is 48.3 Å². The van der Waals surface area contributed by atoms with Gasteiger partial charge in [-0.1, -0.05) is 13.8 Å². The monoisotopic (exact) mass is 459 g/mol. The van der Waals surface area contributed by atoms with E-state index in [1.165, 1.54) is 25.1 Å². The van der Waals surface area contributed by atoms with Gasteiger partial charge >= 0.3 is 7.60 Å². The molecule has 0 spiro atoms. The van der Waals surface area contributed by atoms with E-state index in [2.05, 4.69) is 20.3 Å². The van der Waals surface area contributed by atoms with Gasteiger partial charge in [-0.05, 0) is 0 Å². The van der Waals surface area contributed by atoms with Gasteiger partial charge in [0.15, 0.2) is 17.4 Å². The van der Waals surface area contributed by atoms with Crippen LogP contribution in [0.25, 0.3) is 11.2 Å². The van der Waals surface area contributed by atoms with Crippen molar-refractivity contribution in [2.45, 2.75) is 32.3 Å². The maximum atomic E-state index is 12.3. The van der Waals surface area contributed by atoms with Crippen LogP contribution in [0.3, 0.4) is 0 Å². The molecule has 0 aliphatic carbocycles. The molecule has 3 rings (SSSR count). The molecule has 0 unspecified atom stereocenters. The second-order valence-corrected chi connectivity index (χ2v) is 9.61. The highest BCUT2D eigenvalue weighted by molar-refractivity contribution is 7.53. The number of nitrogens with one attached hydrogen (secondary N) is 2. The van der Waals surface area contributed by atoms with Gasteiger partial charge in [-0.3, -0.25) is 29.0 Å². The first kappa shape index (κ1) is 23.5. The number of hydrogen-bond acceptors (Lipinski definition) is 10. The lowest BCUT2D eigenvalue weighted by Crippen LogP contribution is -2.31. The Morgan fingerprint density at radius 3 is 2.81 bits per heavy atom. The number of aliphatic hydroxyl groups excluding tert-OH is 1. The zero-order valence-corrected chi connectivity index (χ0v) is 18.5. The van der Waals surface area contributed by atoms with Gasteiger partial charge in [-0.2, -0.15) is 4.98 Å². The van der Waals surface area contributed by atoms with E-state index in [0.717, 1.165) is 0 Å². The fraction of sp³-hybridized carbons (Fsp3) is 0.647. The fourth-order valence-corrected chi connectivity index (χ4v) is 3.81. The lowest BCUT2D eigenvalue weighted by Gasteiger charge is -2.20. The van der Waals surface area contributed by atoms with Crippen molar-refractivity contribution in [3.8, 4) is 0 Å². The summed E-state index contributed by atoms with van der Waals surface area (Å²) in [5.74, 6) is -0.660. The summed E-state index contributed by atoms with van der Waals surface area (Å²) in [6.45, 7) is 3.48. The predicted molar refractivity (Wildman–Crippen MR) is 109 cm³/mol. The van der Waals surface area contributed by atoms with Crippen molar-refractivity contribution in [2.75, 3.05) is 38.9 Å². The van der Waals surface area contributed by atoms with Crippen molar-refractivity contribution in [2.24, 2.45) is 5.92 Å². The molecule has 2 aromatic heterocycles. The molecule has 0 bridgehead atoms. The number of H-pyrrole nitrogens is 1. The highest BCUT2D eigenvalue weighted by Crippen LogP contribution is 2.45. The van der Waals surface area contributed by atoms with Crippen LogP contribution in [-0.2, 0) is 27.9 Å². The number of aliphatic hydroxyl groups is 1. The van der Waals surface area contributed by atoms with Gasteiger partial charge in [0, 0.05) is 20.1 Å². The number of anilines is 1. The topological polar surface area (TPSA) is 167 Å². The number of imidazole rings is 1. The van der Waals surface area contributed by atoms with E-state index in [9.17, 15) is 19.3 Å². The van der Waals surface area contributed by atoms with E-state index in [1.807, 2.05) is 0 Å². The van der Waals surface area contributed by atoms with Crippen molar-refractivity contribution >= 4 is 30.6 Å². The molecule has 1 aliphatic heterocycles. The van der Waals surface area contributed by atoms with Crippen molar-refractivity contribution < 1.29 is 33.0 Å². The largest absolute Gasteiger partial charge is 0.386 e. The normalized spacial score (nSPS) is 21.8. The van der Waals surface area contributed by atoms with Crippen LogP contribution in [-0.4, -0.2) is 76.3 Å². The number of aromatic nitrogens is 4. The predicted octanol–water partition coefficient (Wildman–Crippen LogP) is 0.475. The van der Waals surface area contributed by atoms with E-state index in [0.29, 0.717) is 0 Å². The molecule has 3 atom stereocenters. The number of amides is 1. The summed E-state index contributed by atoms with van der Waals surface area (Å²) in [6.07, 6.45) is -1.42. The Hall–Kier alpha value is -2.15. The third kappa shape index (κ3) is 5.03. The summed E-state index contributed by atoms with van der Waals surface area (Å²) in [7, 11) is -0.664. The van der Waals surface area contributed by atoms with Crippen LogP contribution < -0.4 is 10.9 Å². The molecule has 0 radical (unpaired) electrons. The van der Waals surface area contributed by atoms with Crippen LogP contribution in [0.1, 0.15) is 20.1 Å². The quantitative estimate of drug-likeness (QED) is 0.449. The summed E-state index contributed by atoms with van der Waals surface area (Å²) in [5.41, 5.74) is -0.377. The minimum Gasteiger partial charge on any atom is -0.386 e. The number of nitrogens with zero attached hydrogens (tertiary/aromatic N) is 3. The summed E-state index contributed by atoms with van der Waals surface area (Å²) in [5, 5.41) is 13.2. The zero-order valence-electron chi connectivity index (χ0n) is 17.6. The van der Waals surface area contributed by atoms with Crippen molar-refractivity contribution in [3.05, 3.63) is 16.7 Å². The Kier molecular flexibility index (Phi) is 7.24. The zero-order chi connectivity index (χ0) is 22.8. The Balaban J connectivity index is 1.76. The molecule has 31 heavy (non-hydrogen) atoms. The van der Waals surface area contributed by atoms with E-state index < -0.39 is 31.6 Å². The number of hydrogen-bond donors (Lipinski definition) is 3. The number of rotatable bonds is 9. The number of fused-ring (bicyclic) bond motifs is 1. The van der Waals surface area contributed by atoms with Gasteiger partial charge in [0.05, 0.1) is 25.7 Å². The van der Waals surface area contributed by atoms with Crippen molar-refractivity contribution in [1.82, 2.24) is 19.5 Å². The molecule has 1 amide bonds. The molecule has 1 aliphatic rings. The standard InChI is InChI=1S/C17H26N5O8P/c1-9(2)14(24)20-17-19-13-11(15(25)21-17)18-8-22(13)16-12(23)10(7-30-16)29-5-6-31(26,27-3)28-4/h8-10,12,16,23H,5-7H2,1-4H3,(H2,19,20,21,24,25)/t10-,12+,16+/m0/s1. The van der Waals surface area contributed by atoms with Crippen LogP contribution >= 0.6 is 7.60 Å². The molecule has 0 saturated carbocycles. The highest BCUT2D eigenvalue weighted by Gasteiger charge is 2.39. The van der Waals surface area contributed by atoms with Crippen LogP contribution in [0.5, 0.6) is 0 Å². The molecular weight excluding hydrogens is 433 g/mol. The molecule has 2 aromatic rings. The van der Waals surface area contributed by atoms with Gasteiger partial charge in [0.1, 0.15) is 12.2 Å². The molecule has 172 valence electrons. The number of carbonyl (C=O) groups is 1. The molecule has 3 N–H and O–H groups in total. The summed E-state index contributed by atoms with van der Waals surface area (Å²) in [6, 6.07) is 0. The molecule has 0 aromatic carbocycles. The van der Waals surface area contributed by atoms with Crippen LogP contribution in [0.4, 0.5) is 5.95 Å². The molecule has 3 heterocycles. The number of carbonyl (C=O) groups excluding carboxylic acids is 1. The smallest absolute Gasteiger partial charge is 0.332 e. The third-order valence-electron chi connectivity index (χ3n) is 4.83. The Bertz CT molecular complexity index is 1030. The van der Waals surface area contributed by atoms with E-state index in [1.54, 1.807) is 13.8 Å². The third-order valence-corrected chi connectivity index (χ3v) is 6.67. The van der Waals surface area contributed by atoms with Gasteiger partial charge in [-0.25, -0.2) is 4.98 Å². The first-order chi connectivity index (χ1) is 14.7. The highest BCUT2D eigenvalue weighted by atomic mass is 31.2. The average Bonchev–Trinajstić information content (AvgIpc) is 3.31. The summed E-state index contributed by atoms with van der Waals surface area (Å²) in [4.78, 5) is 35.0. The first-order valence-corrected chi connectivity index (χ1v) is 11.3. The minimum absolute atomic E-state index is 0.0116. The average molecular weight is 459 g/mol. The molecular formula is C17H26N5O8P. The van der Waals surface area contributed by atoms with Crippen LogP contribution in [0.2, 0.25) is 0 Å². The van der Waals surface area contributed by atoms with Gasteiger partial charge < -0.3 is 23.6 Å². The lowest BCUT2D eigenvalue weighted by atomic mass is 10.2. The molecule has 13 nitrogen and oxygen atoms in total. The Morgan fingerprint density at radius 2 is 2.16 bits per heavy atom. The lowest BCUT2D eigenvalue weighted by molar-refractivity contribution is -0.118. The molecule has 1 saturated heterocycles. The number of ether oxygens (including phenoxy) is 2. The van der Waals surface area contributed by atoms with E-state index >= 15 is 0 Å². The summed E-state index contributed by atoms with van der Waals surface area (Å²) < 4.78 is 34.4. The van der Waals surface area contributed by atoms with Gasteiger partial charge in [0.25, 0.3) is 5.56 Å². The Labute approximate surface area is 177 Å². The Morgan fingerprint density at radius 1 is 1.45 bits per heavy atom. The van der Waals surface area contributed by atoms with Crippen molar-refractivity contribution in [1.29, 1.82) is 0 Å². The fourth-order valence-electron chi connectivity index (χ4n) is 2.97. The second-order valence-electron chi connectivity index (χ2n) is 7.21. The minimum atomic E-state index is -3.23. The van der Waals surface area contributed by atoms with Crippen molar-refractivity contribution in [3.63, 3.8) is 0 Å².